The molecule has 0 bridgehead atoms. The minimum absolute atomic E-state index is 0.132. The molecule has 1 aromatic carbocycles. The Hall–Kier alpha value is -1.38. The van der Waals surface area contributed by atoms with Crippen LogP contribution in [0.5, 0.6) is 5.75 Å². The molecule has 2 rings (SSSR count). The molecule has 0 radical (unpaired) electrons. The molecule has 0 aliphatic heterocycles. The Labute approximate surface area is 95.8 Å². The Kier molecular flexibility index (Phi) is 2.70. The normalized spacial score (nSPS) is 22.3. The van der Waals surface area contributed by atoms with Gasteiger partial charge in [-0.3, -0.25) is 0 Å². The van der Waals surface area contributed by atoms with Crippen molar-refractivity contribution in [3.63, 3.8) is 0 Å². The first-order valence-corrected chi connectivity index (χ1v) is 5.59. The van der Waals surface area contributed by atoms with Crippen molar-refractivity contribution in [2.24, 2.45) is 5.18 Å². The SMILES string of the molecule is COc1ccc2c(c1)C(C)(C)C(N=O)CC2. The fourth-order valence-electron chi connectivity index (χ4n) is 2.52. The van der Waals surface area contributed by atoms with Gasteiger partial charge in [0, 0.05) is 5.41 Å². The Morgan fingerprint density at radius 3 is 2.81 bits per heavy atom. The van der Waals surface area contributed by atoms with Crippen LogP contribution in [0.1, 0.15) is 31.4 Å². The summed E-state index contributed by atoms with van der Waals surface area (Å²) in [6, 6.07) is 5.97. The molecule has 0 spiro atoms. The molecular weight excluding hydrogens is 202 g/mol. The fourth-order valence-corrected chi connectivity index (χ4v) is 2.52. The number of methoxy groups -OCH3 is 1. The molecule has 86 valence electrons. The molecule has 3 nitrogen and oxygen atoms in total. The third kappa shape index (κ3) is 1.60. The zero-order chi connectivity index (χ0) is 11.8. The molecule has 1 unspecified atom stereocenters. The van der Waals surface area contributed by atoms with Crippen LogP contribution in [0.15, 0.2) is 23.4 Å². The molecule has 16 heavy (non-hydrogen) atoms. The van der Waals surface area contributed by atoms with E-state index in [0.29, 0.717) is 0 Å². The summed E-state index contributed by atoms with van der Waals surface area (Å²) in [5.41, 5.74) is 2.32. The van der Waals surface area contributed by atoms with E-state index in [1.807, 2.05) is 12.1 Å². The third-order valence-electron chi connectivity index (χ3n) is 3.66. The highest BCUT2D eigenvalue weighted by atomic mass is 16.5. The van der Waals surface area contributed by atoms with Gasteiger partial charge in [0.25, 0.3) is 0 Å². The predicted octanol–water partition coefficient (Wildman–Crippen LogP) is 3.05. The number of nitroso groups, excluding NO2 is 1. The van der Waals surface area contributed by atoms with Crippen molar-refractivity contribution in [1.82, 2.24) is 0 Å². The molecule has 3 heteroatoms. The summed E-state index contributed by atoms with van der Waals surface area (Å²) in [4.78, 5) is 10.9. The Morgan fingerprint density at radius 1 is 1.44 bits per heavy atom. The number of ether oxygens (including phenoxy) is 1. The average molecular weight is 219 g/mol. The maximum absolute atomic E-state index is 10.9. The second kappa shape index (κ2) is 3.89. The molecule has 0 saturated carbocycles. The quantitative estimate of drug-likeness (QED) is 0.717. The smallest absolute Gasteiger partial charge is 0.119 e. The Balaban J connectivity index is 2.51. The van der Waals surface area contributed by atoms with Gasteiger partial charge >= 0.3 is 0 Å². The number of fused-ring (bicyclic) bond motifs is 1. The molecule has 0 saturated heterocycles. The van der Waals surface area contributed by atoms with Crippen molar-refractivity contribution in [3.05, 3.63) is 34.2 Å². The standard InChI is InChI=1S/C13H17NO2/c1-13(2)11-8-10(16-3)6-4-9(11)5-7-12(13)14-15/h4,6,8,12H,5,7H2,1-3H3. The van der Waals surface area contributed by atoms with Gasteiger partial charge < -0.3 is 4.74 Å². The lowest BCUT2D eigenvalue weighted by Gasteiger charge is -2.36. The number of nitrogens with zero attached hydrogens (tertiary/aromatic N) is 1. The van der Waals surface area contributed by atoms with Gasteiger partial charge in [-0.2, -0.15) is 4.91 Å². The lowest BCUT2D eigenvalue weighted by atomic mass is 9.69. The highest BCUT2D eigenvalue weighted by Gasteiger charge is 2.37. The number of aryl methyl sites for hydroxylation is 1. The van der Waals surface area contributed by atoms with E-state index in [-0.39, 0.29) is 11.5 Å². The number of hydrogen-bond donors (Lipinski definition) is 0. The van der Waals surface area contributed by atoms with Crippen molar-refractivity contribution in [1.29, 1.82) is 0 Å². The van der Waals surface area contributed by atoms with E-state index < -0.39 is 0 Å². The van der Waals surface area contributed by atoms with Crippen LogP contribution in [0.25, 0.3) is 0 Å². The molecule has 0 N–H and O–H groups in total. The predicted molar refractivity (Wildman–Crippen MR) is 63.9 cm³/mol. The number of hydrogen-bond acceptors (Lipinski definition) is 3. The molecule has 1 atom stereocenters. The second-order valence-corrected chi connectivity index (χ2v) is 4.90. The van der Waals surface area contributed by atoms with Crippen molar-refractivity contribution >= 4 is 0 Å². The van der Waals surface area contributed by atoms with E-state index in [0.717, 1.165) is 18.6 Å². The van der Waals surface area contributed by atoms with E-state index in [2.05, 4.69) is 25.1 Å². The van der Waals surface area contributed by atoms with E-state index >= 15 is 0 Å². The van der Waals surface area contributed by atoms with Crippen molar-refractivity contribution < 1.29 is 4.74 Å². The molecule has 0 heterocycles. The van der Waals surface area contributed by atoms with Gasteiger partial charge in [-0.15, -0.1) is 0 Å². The summed E-state index contributed by atoms with van der Waals surface area (Å²) in [7, 11) is 1.66. The van der Waals surface area contributed by atoms with Crippen LogP contribution < -0.4 is 4.74 Å². The maximum atomic E-state index is 10.9. The van der Waals surface area contributed by atoms with Crippen molar-refractivity contribution in [2.45, 2.75) is 38.1 Å². The summed E-state index contributed by atoms with van der Waals surface area (Å²) in [5, 5.41) is 3.26. The molecule has 1 aliphatic rings. The molecular formula is C13H17NO2. The number of benzene rings is 1. The van der Waals surface area contributed by atoms with Crippen LogP contribution in [-0.2, 0) is 11.8 Å². The van der Waals surface area contributed by atoms with Gasteiger partial charge in [0.2, 0.25) is 0 Å². The monoisotopic (exact) mass is 219 g/mol. The largest absolute Gasteiger partial charge is 0.497 e. The molecule has 0 aromatic heterocycles. The van der Waals surface area contributed by atoms with Crippen molar-refractivity contribution in [2.75, 3.05) is 7.11 Å². The van der Waals surface area contributed by atoms with Crippen LogP contribution in [0.3, 0.4) is 0 Å². The summed E-state index contributed by atoms with van der Waals surface area (Å²) in [6.07, 6.45) is 1.77. The zero-order valence-electron chi connectivity index (χ0n) is 9.99. The van der Waals surface area contributed by atoms with E-state index in [1.54, 1.807) is 7.11 Å². The van der Waals surface area contributed by atoms with Gasteiger partial charge in [0.05, 0.1) is 7.11 Å². The van der Waals surface area contributed by atoms with Crippen LogP contribution in [-0.4, -0.2) is 13.2 Å². The Morgan fingerprint density at radius 2 is 2.19 bits per heavy atom. The molecule has 1 aromatic rings. The molecule has 0 fully saturated rings. The maximum Gasteiger partial charge on any atom is 0.119 e. The summed E-state index contributed by atoms with van der Waals surface area (Å²) >= 11 is 0. The minimum atomic E-state index is -0.191. The summed E-state index contributed by atoms with van der Waals surface area (Å²) < 4.78 is 5.23. The highest BCUT2D eigenvalue weighted by Crippen LogP contribution is 2.40. The van der Waals surface area contributed by atoms with Crippen LogP contribution >= 0.6 is 0 Å². The first-order chi connectivity index (χ1) is 7.59. The molecule has 0 amide bonds. The van der Waals surface area contributed by atoms with Crippen LogP contribution in [0, 0.1) is 4.91 Å². The Bertz CT molecular complexity index is 412. The zero-order valence-corrected chi connectivity index (χ0v) is 9.99. The van der Waals surface area contributed by atoms with Crippen LogP contribution in [0.2, 0.25) is 0 Å². The average Bonchev–Trinajstić information content (AvgIpc) is 2.29. The molecule has 1 aliphatic carbocycles. The first-order valence-electron chi connectivity index (χ1n) is 5.59. The van der Waals surface area contributed by atoms with Gasteiger partial charge in [-0.25, -0.2) is 0 Å². The van der Waals surface area contributed by atoms with Gasteiger partial charge in [-0.05, 0) is 36.1 Å². The van der Waals surface area contributed by atoms with Crippen molar-refractivity contribution in [3.8, 4) is 5.75 Å². The van der Waals surface area contributed by atoms with Gasteiger partial charge in [-0.1, -0.05) is 25.1 Å². The minimum Gasteiger partial charge on any atom is -0.497 e. The van der Waals surface area contributed by atoms with Gasteiger partial charge in [0.1, 0.15) is 11.8 Å². The second-order valence-electron chi connectivity index (χ2n) is 4.90. The fraction of sp³-hybridized carbons (Fsp3) is 0.538. The summed E-state index contributed by atoms with van der Waals surface area (Å²) in [5.74, 6) is 0.846. The first kappa shape index (κ1) is 11.1. The summed E-state index contributed by atoms with van der Waals surface area (Å²) in [6.45, 7) is 4.16. The van der Waals surface area contributed by atoms with E-state index in [9.17, 15) is 4.91 Å². The van der Waals surface area contributed by atoms with Gasteiger partial charge in [0.15, 0.2) is 0 Å². The third-order valence-corrected chi connectivity index (χ3v) is 3.66. The topological polar surface area (TPSA) is 38.7 Å². The lowest BCUT2D eigenvalue weighted by Crippen LogP contribution is -2.37. The number of rotatable bonds is 2. The van der Waals surface area contributed by atoms with E-state index in [1.165, 1.54) is 11.1 Å². The lowest BCUT2D eigenvalue weighted by molar-refractivity contribution is 0.359. The highest BCUT2D eigenvalue weighted by molar-refractivity contribution is 5.43. The van der Waals surface area contributed by atoms with Crippen LogP contribution in [0.4, 0.5) is 0 Å². The van der Waals surface area contributed by atoms with E-state index in [4.69, 9.17) is 4.74 Å².